The van der Waals surface area contributed by atoms with E-state index in [9.17, 15) is 0 Å². The summed E-state index contributed by atoms with van der Waals surface area (Å²) in [6.07, 6.45) is 0. The van der Waals surface area contributed by atoms with Crippen LogP contribution in [0.15, 0.2) is 200 Å². The van der Waals surface area contributed by atoms with Gasteiger partial charge in [0.25, 0.3) is 0 Å². The Bertz CT molecular complexity index is 2900. The average molecular weight is 732 g/mol. The van der Waals surface area contributed by atoms with Crippen molar-refractivity contribution in [3.8, 4) is 11.1 Å². The molecule has 0 radical (unpaired) electrons. The smallest absolute Gasteiger partial charge is 0.0897 e. The molecule has 3 heteroatoms. The maximum absolute atomic E-state index is 4.11. The average Bonchev–Trinajstić information content (AvgIpc) is 3.78. The minimum atomic E-state index is -0.159. The molecule has 57 heavy (non-hydrogen) atoms. The fourth-order valence-electron chi connectivity index (χ4n) is 9.61. The molecule has 1 atom stereocenters. The van der Waals surface area contributed by atoms with E-state index in [1.54, 1.807) is 0 Å². The Hall–Kier alpha value is -6.94. The standard InChI is InChI=1S/C54H41N3/c1-54(2)46-31-17-16-28-42(46)43-34-33-40(35-47(43)54)56(48-32-18-26-36-19-12-13-27-41(36)48)53-45-30-15-14-29-44(45)52-49(37-20-6-3-7-21-37)50(38-22-8-4-9-23-38)55-57(52)51(53)39-24-10-5-11-25-39/h3-35,50,55H,1-2H3. The van der Waals surface area contributed by atoms with E-state index in [0.29, 0.717) is 0 Å². The molecule has 0 aromatic heterocycles. The van der Waals surface area contributed by atoms with E-state index >= 15 is 0 Å². The zero-order chi connectivity index (χ0) is 38.1. The Balaban J connectivity index is 1.26. The molecule has 0 amide bonds. The Morgan fingerprint density at radius 2 is 1.09 bits per heavy atom. The van der Waals surface area contributed by atoms with Gasteiger partial charge < -0.3 is 4.90 Å². The largest absolute Gasteiger partial charge is 0.307 e. The summed E-state index contributed by atoms with van der Waals surface area (Å²) in [5.74, 6) is 0. The number of fused-ring (bicyclic) bond motifs is 7. The normalized spacial score (nSPS) is 16.3. The Kier molecular flexibility index (Phi) is 7.67. The maximum Gasteiger partial charge on any atom is 0.0897 e. The number of hydrogen-bond donors (Lipinski definition) is 1. The molecule has 1 N–H and O–H groups in total. The Labute approximate surface area is 334 Å². The van der Waals surface area contributed by atoms with E-state index < -0.39 is 0 Å². The first-order valence-corrected chi connectivity index (χ1v) is 19.9. The molecular weight excluding hydrogens is 691 g/mol. The second-order valence-corrected chi connectivity index (χ2v) is 15.8. The number of nitrogens with zero attached hydrogens (tertiary/aromatic N) is 2. The molecule has 0 spiro atoms. The summed E-state index contributed by atoms with van der Waals surface area (Å²) in [6.45, 7) is 4.74. The molecule has 0 saturated heterocycles. The van der Waals surface area contributed by atoms with E-state index in [2.05, 4.69) is 229 Å². The predicted molar refractivity (Wildman–Crippen MR) is 237 cm³/mol. The first kappa shape index (κ1) is 33.4. The summed E-state index contributed by atoms with van der Waals surface area (Å²) >= 11 is 0. The number of nitrogens with one attached hydrogen (secondary N) is 1. The van der Waals surface area contributed by atoms with Gasteiger partial charge in [-0.1, -0.05) is 196 Å². The van der Waals surface area contributed by atoms with Crippen molar-refractivity contribution < 1.29 is 0 Å². The molecule has 1 unspecified atom stereocenters. The summed E-state index contributed by atoms with van der Waals surface area (Å²) in [5, 5.41) is 4.80. The van der Waals surface area contributed by atoms with E-state index in [1.165, 1.54) is 66.6 Å². The van der Waals surface area contributed by atoms with E-state index in [4.69, 9.17) is 0 Å². The first-order chi connectivity index (χ1) is 28.1. The molecule has 0 bridgehead atoms. The third kappa shape index (κ3) is 5.16. The van der Waals surface area contributed by atoms with Crippen molar-refractivity contribution in [1.29, 1.82) is 0 Å². The van der Waals surface area contributed by atoms with Gasteiger partial charge in [0, 0.05) is 38.8 Å². The van der Waals surface area contributed by atoms with Crippen LogP contribution >= 0.6 is 0 Å². The quantitative estimate of drug-likeness (QED) is 0.184. The molecule has 2 aliphatic heterocycles. The van der Waals surface area contributed by atoms with Crippen molar-refractivity contribution >= 4 is 44.8 Å². The second kappa shape index (κ2) is 13.1. The molecule has 0 saturated carbocycles. The number of anilines is 2. The number of hydrogen-bond acceptors (Lipinski definition) is 3. The molecule has 0 fully saturated rings. The van der Waals surface area contributed by atoms with Crippen LogP contribution in [0.1, 0.15) is 58.8 Å². The van der Waals surface area contributed by atoms with Crippen LogP contribution in [0.3, 0.4) is 0 Å². The van der Waals surface area contributed by atoms with Gasteiger partial charge in [-0.3, -0.25) is 5.01 Å². The lowest BCUT2D eigenvalue weighted by atomic mass is 9.82. The van der Waals surface area contributed by atoms with Crippen LogP contribution in [-0.4, -0.2) is 5.01 Å². The van der Waals surface area contributed by atoms with Crippen molar-refractivity contribution in [2.75, 3.05) is 4.90 Å². The Morgan fingerprint density at radius 3 is 1.86 bits per heavy atom. The van der Waals surface area contributed by atoms with E-state index in [0.717, 1.165) is 28.3 Å². The summed E-state index contributed by atoms with van der Waals surface area (Å²) in [5.41, 5.74) is 22.1. The third-order valence-corrected chi connectivity index (χ3v) is 12.2. The summed E-state index contributed by atoms with van der Waals surface area (Å²) in [7, 11) is 0. The van der Waals surface area contributed by atoms with Gasteiger partial charge in [-0.2, -0.15) is 0 Å². The fraction of sp³-hybridized carbons (Fsp3) is 0.0741. The summed E-state index contributed by atoms with van der Waals surface area (Å²) < 4.78 is 0. The van der Waals surface area contributed by atoms with Gasteiger partial charge in [-0.15, -0.1) is 0 Å². The topological polar surface area (TPSA) is 18.5 Å². The summed E-state index contributed by atoms with van der Waals surface area (Å²) in [4.78, 5) is 2.54. The molecule has 8 aromatic rings. The highest BCUT2D eigenvalue weighted by atomic mass is 15.6. The zero-order valence-corrected chi connectivity index (χ0v) is 32.0. The highest BCUT2D eigenvalue weighted by Gasteiger charge is 2.43. The van der Waals surface area contributed by atoms with Crippen molar-refractivity contribution in [1.82, 2.24) is 10.4 Å². The fourth-order valence-corrected chi connectivity index (χ4v) is 9.61. The molecule has 2 heterocycles. The van der Waals surface area contributed by atoms with Crippen LogP contribution in [0, 0.1) is 0 Å². The summed E-state index contributed by atoms with van der Waals surface area (Å²) in [6, 6.07) is 73.2. The second-order valence-electron chi connectivity index (χ2n) is 15.8. The Morgan fingerprint density at radius 1 is 0.491 bits per heavy atom. The molecule has 3 aliphatic rings. The maximum atomic E-state index is 4.11. The molecule has 11 rings (SSSR count). The van der Waals surface area contributed by atoms with Gasteiger partial charge >= 0.3 is 0 Å². The van der Waals surface area contributed by atoms with Crippen molar-refractivity contribution in [2.45, 2.75) is 25.3 Å². The van der Waals surface area contributed by atoms with Gasteiger partial charge in [0.15, 0.2) is 0 Å². The van der Waals surface area contributed by atoms with Gasteiger partial charge in [0.2, 0.25) is 0 Å². The molecule has 1 aliphatic carbocycles. The van der Waals surface area contributed by atoms with Crippen LogP contribution in [-0.2, 0) is 5.41 Å². The molecular formula is C54H41N3. The van der Waals surface area contributed by atoms with Gasteiger partial charge in [-0.25, -0.2) is 5.43 Å². The van der Waals surface area contributed by atoms with Crippen LogP contribution in [0.4, 0.5) is 11.4 Å². The third-order valence-electron chi connectivity index (χ3n) is 12.2. The predicted octanol–water partition coefficient (Wildman–Crippen LogP) is 13.3. The lowest BCUT2D eigenvalue weighted by Crippen LogP contribution is -2.37. The van der Waals surface area contributed by atoms with Gasteiger partial charge in [0.05, 0.1) is 28.8 Å². The van der Waals surface area contributed by atoms with Crippen LogP contribution in [0.25, 0.3) is 44.6 Å². The zero-order valence-electron chi connectivity index (χ0n) is 32.0. The molecule has 272 valence electrons. The number of rotatable bonds is 6. The van der Waals surface area contributed by atoms with Gasteiger partial charge in [-0.05, 0) is 57.0 Å². The van der Waals surface area contributed by atoms with Crippen molar-refractivity contribution in [3.63, 3.8) is 0 Å². The SMILES string of the molecule is CC1(C)c2ccccc2-c2ccc(N(C3=C(c4ccccc4)N4NC(c5ccccc5)C(c5ccccc5)=C4c4ccccc43)c3cccc4ccccc34)cc21. The lowest BCUT2D eigenvalue weighted by Gasteiger charge is -2.40. The lowest BCUT2D eigenvalue weighted by molar-refractivity contribution is 0.403. The highest BCUT2D eigenvalue weighted by Crippen LogP contribution is 2.56. The minimum Gasteiger partial charge on any atom is -0.307 e. The molecule has 3 nitrogen and oxygen atoms in total. The van der Waals surface area contributed by atoms with Crippen LogP contribution in [0.2, 0.25) is 0 Å². The van der Waals surface area contributed by atoms with Crippen LogP contribution in [0.5, 0.6) is 0 Å². The first-order valence-electron chi connectivity index (χ1n) is 19.9. The number of hydrazine groups is 1. The highest BCUT2D eigenvalue weighted by molar-refractivity contribution is 6.14. The minimum absolute atomic E-state index is 0.0833. The van der Waals surface area contributed by atoms with Crippen molar-refractivity contribution in [3.05, 3.63) is 239 Å². The van der Waals surface area contributed by atoms with Crippen LogP contribution < -0.4 is 10.3 Å². The van der Waals surface area contributed by atoms with E-state index in [-0.39, 0.29) is 11.5 Å². The van der Waals surface area contributed by atoms with E-state index in [1.807, 2.05) is 0 Å². The monoisotopic (exact) mass is 731 g/mol. The molecule has 8 aromatic carbocycles. The van der Waals surface area contributed by atoms with Crippen molar-refractivity contribution in [2.24, 2.45) is 0 Å². The number of benzene rings is 8. The van der Waals surface area contributed by atoms with Gasteiger partial charge in [0.1, 0.15) is 0 Å².